The Morgan fingerprint density at radius 1 is 1.06 bits per heavy atom. The molecule has 2 aromatic heterocycles. The highest BCUT2D eigenvalue weighted by atomic mass is 35.5. The van der Waals surface area contributed by atoms with Gasteiger partial charge in [-0.2, -0.15) is 0 Å². The first-order valence-electron chi connectivity index (χ1n) is 12.3. The average molecular weight is 519 g/mol. The van der Waals surface area contributed by atoms with E-state index in [1.807, 2.05) is 49.4 Å². The monoisotopic (exact) mass is 518 g/mol. The highest BCUT2D eigenvalue weighted by Gasteiger charge is 2.27. The molecule has 0 radical (unpaired) electrons. The third kappa shape index (κ3) is 4.88. The molecule has 1 aliphatic rings. The molecule has 0 saturated heterocycles. The molecule has 36 heavy (non-hydrogen) atoms. The molecule has 0 spiro atoms. The number of hydrogen-bond acceptors (Lipinski definition) is 5. The van der Waals surface area contributed by atoms with Crippen molar-refractivity contribution in [3.63, 3.8) is 0 Å². The zero-order valence-electron chi connectivity index (χ0n) is 20.1. The minimum atomic E-state index is -0.358. The average Bonchev–Trinajstić information content (AvgIpc) is 3.06. The number of esters is 1. The summed E-state index contributed by atoms with van der Waals surface area (Å²) >= 11 is 7.95. The van der Waals surface area contributed by atoms with Crippen molar-refractivity contribution in [1.29, 1.82) is 0 Å². The second kappa shape index (κ2) is 10.8. The normalized spacial score (nSPS) is 13.2. The number of carbonyl (C=O) groups is 2. The predicted molar refractivity (Wildman–Crippen MR) is 146 cm³/mol. The van der Waals surface area contributed by atoms with Crippen molar-refractivity contribution in [2.45, 2.75) is 45.4 Å². The van der Waals surface area contributed by atoms with Crippen LogP contribution >= 0.6 is 22.9 Å². The molecule has 4 aromatic rings. The number of aromatic nitrogens is 1. The molecule has 0 unspecified atom stereocenters. The third-order valence-corrected chi connectivity index (χ3v) is 7.94. The summed E-state index contributed by atoms with van der Waals surface area (Å²) < 4.78 is 5.52. The number of benzene rings is 2. The van der Waals surface area contributed by atoms with Gasteiger partial charge in [0.25, 0.3) is 5.91 Å². The van der Waals surface area contributed by atoms with Gasteiger partial charge in [-0.1, -0.05) is 61.3 Å². The van der Waals surface area contributed by atoms with Gasteiger partial charge in [0, 0.05) is 20.8 Å². The van der Waals surface area contributed by atoms with E-state index in [2.05, 4.69) is 5.32 Å². The maximum atomic E-state index is 13.7. The van der Waals surface area contributed by atoms with E-state index in [0.717, 1.165) is 55.0 Å². The lowest BCUT2D eigenvalue weighted by molar-refractivity contribution is 0.0505. The van der Waals surface area contributed by atoms with Gasteiger partial charge in [-0.3, -0.25) is 4.79 Å². The Morgan fingerprint density at radius 2 is 1.83 bits per heavy atom. The molecular weight excluding hydrogens is 492 g/mol. The first-order chi connectivity index (χ1) is 17.6. The topological polar surface area (TPSA) is 68.3 Å². The summed E-state index contributed by atoms with van der Waals surface area (Å²) in [4.78, 5) is 32.8. The van der Waals surface area contributed by atoms with Gasteiger partial charge in [-0.25, -0.2) is 9.78 Å². The van der Waals surface area contributed by atoms with Crippen molar-refractivity contribution >= 4 is 50.7 Å². The van der Waals surface area contributed by atoms with Crippen LogP contribution in [0.5, 0.6) is 0 Å². The smallest absolute Gasteiger partial charge is 0.341 e. The van der Waals surface area contributed by atoms with E-state index >= 15 is 0 Å². The number of fused-ring (bicyclic) bond motifs is 2. The van der Waals surface area contributed by atoms with E-state index in [4.69, 9.17) is 21.3 Å². The summed E-state index contributed by atoms with van der Waals surface area (Å²) in [5, 5.41) is 4.93. The van der Waals surface area contributed by atoms with E-state index < -0.39 is 0 Å². The molecule has 0 bridgehead atoms. The zero-order chi connectivity index (χ0) is 25.1. The van der Waals surface area contributed by atoms with E-state index in [0.29, 0.717) is 39.0 Å². The number of rotatable bonds is 6. The number of anilines is 1. The van der Waals surface area contributed by atoms with Crippen LogP contribution in [0.15, 0.2) is 54.6 Å². The number of para-hydroxylation sites is 1. The van der Waals surface area contributed by atoms with Crippen LogP contribution in [-0.4, -0.2) is 23.5 Å². The van der Waals surface area contributed by atoms with Crippen LogP contribution in [0, 0.1) is 0 Å². The van der Waals surface area contributed by atoms with Gasteiger partial charge in [0.2, 0.25) is 0 Å². The maximum Gasteiger partial charge on any atom is 0.341 e. The molecule has 7 heteroatoms. The lowest BCUT2D eigenvalue weighted by Crippen LogP contribution is -2.16. The van der Waals surface area contributed by atoms with Crippen LogP contribution in [0.25, 0.3) is 22.2 Å². The molecule has 2 aromatic carbocycles. The zero-order valence-corrected chi connectivity index (χ0v) is 21.7. The molecule has 1 aliphatic carbocycles. The van der Waals surface area contributed by atoms with Gasteiger partial charge in [-0.05, 0) is 55.9 Å². The third-order valence-electron chi connectivity index (χ3n) is 6.40. The number of hydrogen-bond donors (Lipinski definition) is 1. The quantitative estimate of drug-likeness (QED) is 0.210. The molecule has 1 amide bonds. The number of nitrogens with zero attached hydrogens (tertiary/aromatic N) is 1. The van der Waals surface area contributed by atoms with Crippen molar-refractivity contribution < 1.29 is 14.3 Å². The Bertz CT molecular complexity index is 1450. The molecule has 2 heterocycles. The van der Waals surface area contributed by atoms with Crippen LogP contribution in [0.1, 0.15) is 63.8 Å². The molecule has 1 N–H and O–H groups in total. The molecule has 0 fully saturated rings. The van der Waals surface area contributed by atoms with Gasteiger partial charge in [0.05, 0.1) is 28.9 Å². The van der Waals surface area contributed by atoms with E-state index in [1.165, 1.54) is 16.2 Å². The van der Waals surface area contributed by atoms with Gasteiger partial charge in [-0.15, -0.1) is 11.3 Å². The molecule has 0 atom stereocenters. The van der Waals surface area contributed by atoms with Crippen molar-refractivity contribution in [3.05, 3.63) is 81.2 Å². The number of halogens is 1. The number of pyridine rings is 1. The fourth-order valence-corrected chi connectivity index (χ4v) is 6.16. The molecule has 5 nitrogen and oxygen atoms in total. The summed E-state index contributed by atoms with van der Waals surface area (Å²) in [6.45, 7) is 2.32. The highest BCUT2D eigenvalue weighted by Crippen LogP contribution is 2.39. The number of thiophene rings is 1. The van der Waals surface area contributed by atoms with E-state index in [1.54, 1.807) is 12.1 Å². The summed E-state index contributed by atoms with van der Waals surface area (Å²) in [6, 6.07) is 16.8. The predicted octanol–water partition coefficient (Wildman–Crippen LogP) is 7.70. The summed E-state index contributed by atoms with van der Waals surface area (Å²) in [7, 11) is 0. The largest absolute Gasteiger partial charge is 0.462 e. The van der Waals surface area contributed by atoms with Crippen molar-refractivity contribution in [2.24, 2.45) is 0 Å². The van der Waals surface area contributed by atoms with Crippen LogP contribution in [0.2, 0.25) is 5.02 Å². The Hall–Kier alpha value is -3.22. The first-order valence-corrected chi connectivity index (χ1v) is 13.5. The Kier molecular flexibility index (Phi) is 7.35. The first kappa shape index (κ1) is 24.5. The van der Waals surface area contributed by atoms with E-state index in [-0.39, 0.29) is 11.9 Å². The minimum Gasteiger partial charge on any atom is -0.462 e. The molecular formula is C29H27ClN2O3S. The number of carbonyl (C=O) groups excluding carboxylic acids is 2. The van der Waals surface area contributed by atoms with Crippen LogP contribution in [0.4, 0.5) is 5.00 Å². The summed E-state index contributed by atoms with van der Waals surface area (Å²) in [6.07, 6.45) is 5.74. The van der Waals surface area contributed by atoms with Crippen LogP contribution in [-0.2, 0) is 17.6 Å². The SMILES string of the molecule is CCCOC(=O)c1c(NC(=O)c2cc(-c3ccccc3Cl)nc3ccccc23)sc2c1CCCCC2. The number of nitrogens with one attached hydrogen (secondary N) is 1. The van der Waals surface area contributed by atoms with Crippen molar-refractivity contribution in [2.75, 3.05) is 11.9 Å². The fourth-order valence-electron chi connectivity index (χ4n) is 4.65. The summed E-state index contributed by atoms with van der Waals surface area (Å²) in [5.74, 6) is -0.647. The van der Waals surface area contributed by atoms with Crippen molar-refractivity contribution in [3.8, 4) is 11.3 Å². The Balaban J connectivity index is 1.57. The number of aryl methyl sites for hydroxylation is 1. The molecule has 0 aliphatic heterocycles. The fraction of sp³-hybridized carbons (Fsp3) is 0.276. The lowest BCUT2D eigenvalue weighted by Gasteiger charge is -2.12. The van der Waals surface area contributed by atoms with Crippen LogP contribution in [0.3, 0.4) is 0 Å². The molecule has 0 saturated carbocycles. The van der Waals surface area contributed by atoms with Gasteiger partial charge < -0.3 is 10.1 Å². The number of amides is 1. The van der Waals surface area contributed by atoms with Crippen molar-refractivity contribution in [1.82, 2.24) is 4.98 Å². The number of ether oxygens (including phenoxy) is 1. The van der Waals surface area contributed by atoms with Gasteiger partial charge in [0.15, 0.2) is 0 Å². The Labute approximate surface area is 219 Å². The molecule has 184 valence electrons. The highest BCUT2D eigenvalue weighted by molar-refractivity contribution is 7.17. The second-order valence-corrected chi connectivity index (χ2v) is 10.4. The Morgan fingerprint density at radius 3 is 2.67 bits per heavy atom. The standard InChI is InChI=1S/C29H27ClN2O3S/c1-2-16-35-29(34)26-20-12-4-3-5-15-25(20)36-28(26)32-27(33)21-17-24(19-11-6-8-13-22(19)30)31-23-14-9-7-10-18(21)23/h6-11,13-14,17H,2-5,12,15-16H2,1H3,(H,32,33). The lowest BCUT2D eigenvalue weighted by atomic mass is 10.0. The van der Waals surface area contributed by atoms with Gasteiger partial charge >= 0.3 is 5.97 Å². The maximum absolute atomic E-state index is 13.7. The second-order valence-electron chi connectivity index (χ2n) is 8.91. The minimum absolute atomic E-state index is 0.289. The van der Waals surface area contributed by atoms with E-state index in [9.17, 15) is 9.59 Å². The van der Waals surface area contributed by atoms with Crippen LogP contribution < -0.4 is 5.32 Å². The van der Waals surface area contributed by atoms with Gasteiger partial charge in [0.1, 0.15) is 5.00 Å². The molecule has 5 rings (SSSR count). The summed E-state index contributed by atoms with van der Waals surface area (Å²) in [5.41, 5.74) is 4.10.